The number of rotatable bonds is 1. The van der Waals surface area contributed by atoms with Gasteiger partial charge in [0, 0.05) is 55.7 Å². The lowest BCUT2D eigenvalue weighted by molar-refractivity contribution is 1.45. The second-order valence-electron chi connectivity index (χ2n) is 9.22. The summed E-state index contributed by atoms with van der Waals surface area (Å²) < 4.78 is 0. The van der Waals surface area contributed by atoms with Crippen molar-refractivity contribution in [3.63, 3.8) is 0 Å². The summed E-state index contributed by atoms with van der Waals surface area (Å²) in [5.41, 5.74) is 29.7. The van der Waals surface area contributed by atoms with Gasteiger partial charge in [0.2, 0.25) is 0 Å². The Kier molecular flexibility index (Phi) is 7.32. The van der Waals surface area contributed by atoms with Gasteiger partial charge in [-0.2, -0.15) is 0 Å². The third-order valence-corrected chi connectivity index (χ3v) is 6.57. The van der Waals surface area contributed by atoms with E-state index in [1.165, 1.54) is 10.8 Å². The predicted molar refractivity (Wildman–Crippen MR) is 169 cm³/mol. The van der Waals surface area contributed by atoms with Gasteiger partial charge in [0.05, 0.1) is 0 Å². The molecule has 0 spiro atoms. The fourth-order valence-electron chi connectivity index (χ4n) is 4.61. The summed E-state index contributed by atoms with van der Waals surface area (Å²) in [6.45, 7) is 0. The minimum atomic E-state index is 0.741. The van der Waals surface area contributed by atoms with E-state index in [-0.39, 0.29) is 0 Å². The van der Waals surface area contributed by atoms with Gasteiger partial charge in [-0.15, -0.1) is 0 Å². The van der Waals surface area contributed by atoms with Gasteiger partial charge in [-0.05, 0) is 47.2 Å². The Balaban J connectivity index is 0.000000121. The van der Waals surface area contributed by atoms with Crippen molar-refractivity contribution in [1.29, 1.82) is 0 Å². The summed E-state index contributed by atoms with van der Waals surface area (Å²) in [6.07, 6.45) is 0. The Morgan fingerprint density at radius 1 is 0.410 bits per heavy atom. The van der Waals surface area contributed by atoms with E-state index in [1.54, 1.807) is 0 Å². The quantitative estimate of drug-likeness (QED) is 0.145. The average Bonchev–Trinajstić information content (AvgIpc) is 3.39. The first-order valence-corrected chi connectivity index (χ1v) is 12.7. The van der Waals surface area contributed by atoms with Crippen LogP contribution in [-0.2, 0) is 0 Å². The molecule has 5 heteroatoms. The lowest BCUT2D eigenvalue weighted by atomic mass is 10.1. The summed E-state index contributed by atoms with van der Waals surface area (Å²) in [6, 6.07) is 43.9. The number of aromatic nitrogens is 1. The molecule has 0 saturated carbocycles. The Morgan fingerprint density at radius 2 is 0.923 bits per heavy atom. The van der Waals surface area contributed by atoms with Gasteiger partial charge in [-0.25, -0.2) is 0 Å². The molecule has 192 valence electrons. The van der Waals surface area contributed by atoms with Crippen LogP contribution in [0.3, 0.4) is 0 Å². The number of para-hydroxylation sites is 2. The molecule has 39 heavy (non-hydrogen) atoms. The first-order chi connectivity index (χ1) is 19.0. The van der Waals surface area contributed by atoms with Crippen LogP contribution in [0.5, 0.6) is 0 Å². The molecule has 1 aromatic heterocycles. The molecular weight excluding hydrogens is 478 g/mol. The van der Waals surface area contributed by atoms with Crippen LogP contribution in [0.25, 0.3) is 43.7 Å². The van der Waals surface area contributed by atoms with Gasteiger partial charge in [0.1, 0.15) is 0 Å². The third kappa shape index (κ3) is 5.63. The molecule has 0 fully saturated rings. The van der Waals surface area contributed by atoms with Crippen LogP contribution >= 0.6 is 0 Å². The Morgan fingerprint density at radius 3 is 1.56 bits per heavy atom. The summed E-state index contributed by atoms with van der Waals surface area (Å²) in [7, 11) is 0. The molecule has 7 aromatic rings. The topological polar surface area (TPSA) is 120 Å². The van der Waals surface area contributed by atoms with Crippen LogP contribution in [0.15, 0.2) is 133 Å². The van der Waals surface area contributed by atoms with Gasteiger partial charge in [-0.3, -0.25) is 0 Å². The van der Waals surface area contributed by atoms with E-state index >= 15 is 0 Å². The monoisotopic (exact) mass is 509 g/mol. The molecule has 0 aliphatic carbocycles. The number of H-pyrrole nitrogens is 1. The van der Waals surface area contributed by atoms with Crippen molar-refractivity contribution < 1.29 is 0 Å². The standard InChI is InChI=1S/C14H12N2.C10H10N2.C10H9N/c15-12-7-3-2-6-11(12)14-9-10-5-1-4-8-13(10)16-14;11-8-5-1-3-7-4-2-6-9(12)10(7)8;11-10-7-3-5-8-4-1-2-6-9(8)10/h1-9,16H,15H2;1-6H,11-12H2;1-7H,11H2. The number of nitrogen functional groups attached to an aromatic ring is 4. The molecule has 7 rings (SSSR count). The van der Waals surface area contributed by atoms with E-state index in [0.717, 1.165) is 55.7 Å². The van der Waals surface area contributed by atoms with Crippen LogP contribution in [-0.4, -0.2) is 4.98 Å². The molecule has 0 saturated heterocycles. The summed E-state index contributed by atoms with van der Waals surface area (Å²) in [4.78, 5) is 3.37. The van der Waals surface area contributed by atoms with Gasteiger partial charge in [-0.1, -0.05) is 97.1 Å². The second-order valence-corrected chi connectivity index (χ2v) is 9.22. The Hall–Kier alpha value is -5.42. The lowest BCUT2D eigenvalue weighted by Gasteiger charge is -2.03. The van der Waals surface area contributed by atoms with E-state index in [4.69, 9.17) is 22.9 Å². The minimum absolute atomic E-state index is 0.741. The number of hydrogen-bond donors (Lipinski definition) is 5. The van der Waals surface area contributed by atoms with Gasteiger partial charge in [0.25, 0.3) is 0 Å². The zero-order valence-corrected chi connectivity index (χ0v) is 21.5. The summed E-state index contributed by atoms with van der Waals surface area (Å²) >= 11 is 0. The van der Waals surface area contributed by atoms with E-state index in [1.807, 2.05) is 103 Å². The van der Waals surface area contributed by atoms with Gasteiger partial charge < -0.3 is 27.9 Å². The van der Waals surface area contributed by atoms with Gasteiger partial charge in [0.15, 0.2) is 0 Å². The number of aromatic amines is 1. The SMILES string of the molecule is Nc1cccc2cccc(N)c12.Nc1cccc2ccccc12.Nc1ccccc1-c1cc2ccccc2[nH]1. The predicted octanol–water partition coefficient (Wildman–Crippen LogP) is 7.84. The molecule has 0 unspecified atom stereocenters. The smallest absolute Gasteiger partial charge is 0.0485 e. The number of benzene rings is 6. The van der Waals surface area contributed by atoms with Crippen LogP contribution < -0.4 is 22.9 Å². The van der Waals surface area contributed by atoms with Crippen molar-refractivity contribution in [2.45, 2.75) is 0 Å². The van der Waals surface area contributed by atoms with Crippen molar-refractivity contribution in [2.24, 2.45) is 0 Å². The van der Waals surface area contributed by atoms with Crippen molar-refractivity contribution in [2.75, 3.05) is 22.9 Å². The number of fused-ring (bicyclic) bond motifs is 3. The van der Waals surface area contributed by atoms with E-state index in [0.29, 0.717) is 0 Å². The van der Waals surface area contributed by atoms with Crippen LogP contribution in [0.4, 0.5) is 22.7 Å². The fourth-order valence-corrected chi connectivity index (χ4v) is 4.61. The zero-order chi connectivity index (χ0) is 27.2. The Labute approximate surface area is 227 Å². The van der Waals surface area contributed by atoms with Crippen LogP contribution in [0, 0.1) is 0 Å². The minimum Gasteiger partial charge on any atom is -0.398 e. The van der Waals surface area contributed by atoms with E-state index in [2.05, 4.69) is 35.3 Å². The average molecular weight is 510 g/mol. The maximum atomic E-state index is 5.95. The molecule has 1 heterocycles. The second kappa shape index (κ2) is 11.3. The summed E-state index contributed by atoms with van der Waals surface area (Å²) in [5.74, 6) is 0. The molecule has 0 bridgehead atoms. The number of nitrogens with two attached hydrogens (primary N) is 4. The lowest BCUT2D eigenvalue weighted by Crippen LogP contribution is -1.91. The maximum absolute atomic E-state index is 5.95. The Bertz CT molecular complexity index is 1790. The summed E-state index contributed by atoms with van der Waals surface area (Å²) in [5, 5.41) is 5.60. The molecule has 0 atom stereocenters. The van der Waals surface area contributed by atoms with Crippen molar-refractivity contribution in [3.05, 3.63) is 133 Å². The van der Waals surface area contributed by atoms with Gasteiger partial charge >= 0.3 is 0 Å². The van der Waals surface area contributed by atoms with E-state index < -0.39 is 0 Å². The van der Waals surface area contributed by atoms with E-state index in [9.17, 15) is 0 Å². The van der Waals surface area contributed by atoms with Crippen molar-refractivity contribution in [3.8, 4) is 11.3 Å². The highest BCUT2D eigenvalue weighted by molar-refractivity contribution is 6.01. The molecule has 0 amide bonds. The molecule has 0 aliphatic rings. The highest BCUT2D eigenvalue weighted by atomic mass is 14.7. The fraction of sp³-hybridized carbons (Fsp3) is 0. The first-order valence-electron chi connectivity index (χ1n) is 12.7. The third-order valence-electron chi connectivity index (χ3n) is 6.57. The highest BCUT2D eigenvalue weighted by Gasteiger charge is 2.05. The highest BCUT2D eigenvalue weighted by Crippen LogP contribution is 2.28. The normalized spacial score (nSPS) is 10.5. The largest absolute Gasteiger partial charge is 0.398 e. The van der Waals surface area contributed by atoms with Crippen molar-refractivity contribution in [1.82, 2.24) is 4.98 Å². The number of anilines is 4. The number of nitrogens with one attached hydrogen (secondary N) is 1. The molecule has 5 nitrogen and oxygen atoms in total. The molecular formula is C34H31N5. The first kappa shape index (κ1) is 25.2. The molecule has 0 radical (unpaired) electrons. The van der Waals surface area contributed by atoms with Crippen LogP contribution in [0.2, 0.25) is 0 Å². The molecule has 0 aliphatic heterocycles. The zero-order valence-electron chi connectivity index (χ0n) is 21.5. The number of hydrogen-bond acceptors (Lipinski definition) is 4. The maximum Gasteiger partial charge on any atom is 0.0485 e. The van der Waals surface area contributed by atoms with Crippen molar-refractivity contribution >= 4 is 55.2 Å². The van der Waals surface area contributed by atoms with Crippen LogP contribution in [0.1, 0.15) is 0 Å². The molecule has 9 N–H and O–H groups in total. The molecule has 6 aromatic carbocycles.